The molecule has 1 heterocycles. The average Bonchev–Trinajstić information content (AvgIpc) is 2.76. The maximum Gasteiger partial charge on any atom is 0.270 e. The summed E-state index contributed by atoms with van der Waals surface area (Å²) in [6, 6.07) is 6.16. The van der Waals surface area contributed by atoms with Crippen molar-refractivity contribution in [2.45, 2.75) is 69.9 Å². The Labute approximate surface area is 142 Å². The highest BCUT2D eigenvalue weighted by Gasteiger charge is 2.27. The third-order valence-electron chi connectivity index (χ3n) is 5.69. The zero-order valence-corrected chi connectivity index (χ0v) is 14.0. The molecule has 2 N–H and O–H groups in total. The van der Waals surface area contributed by atoms with Gasteiger partial charge in [-0.15, -0.1) is 0 Å². The summed E-state index contributed by atoms with van der Waals surface area (Å²) in [6.07, 6.45) is 11.3. The number of aromatic amines is 1. The summed E-state index contributed by atoms with van der Waals surface area (Å²) in [4.78, 5) is 14.3. The topological polar surface area (TPSA) is 71.0 Å². The van der Waals surface area contributed by atoms with Crippen molar-refractivity contribution in [1.82, 2.24) is 10.3 Å². The van der Waals surface area contributed by atoms with E-state index in [-0.39, 0.29) is 10.6 Å². The first-order valence-corrected chi connectivity index (χ1v) is 9.27. The van der Waals surface area contributed by atoms with E-state index < -0.39 is 0 Å². The smallest absolute Gasteiger partial charge is 0.270 e. The Kier molecular flexibility index (Phi) is 4.27. The van der Waals surface area contributed by atoms with Crippen LogP contribution in [-0.4, -0.2) is 15.9 Å². The van der Waals surface area contributed by atoms with Crippen LogP contribution in [0.25, 0.3) is 10.9 Å². The highest BCUT2D eigenvalue weighted by molar-refractivity contribution is 5.87. The van der Waals surface area contributed by atoms with Gasteiger partial charge in [-0.1, -0.05) is 25.7 Å². The van der Waals surface area contributed by atoms with E-state index in [2.05, 4.69) is 10.3 Å². The van der Waals surface area contributed by atoms with Crippen LogP contribution in [0.5, 0.6) is 0 Å². The van der Waals surface area contributed by atoms with Crippen molar-refractivity contribution in [2.75, 3.05) is 0 Å². The molecule has 0 radical (unpaired) electrons. The van der Waals surface area contributed by atoms with E-state index in [0.29, 0.717) is 12.1 Å². The molecule has 1 atom stereocenters. The summed E-state index contributed by atoms with van der Waals surface area (Å²) in [5.41, 5.74) is 3.76. The van der Waals surface area contributed by atoms with Crippen molar-refractivity contribution < 1.29 is 4.92 Å². The molecule has 2 aromatic rings. The van der Waals surface area contributed by atoms with Crippen LogP contribution in [0.15, 0.2) is 18.2 Å². The van der Waals surface area contributed by atoms with Crippen LogP contribution in [0.2, 0.25) is 0 Å². The summed E-state index contributed by atoms with van der Waals surface area (Å²) in [5.74, 6) is 0. The first-order valence-electron chi connectivity index (χ1n) is 9.27. The third kappa shape index (κ3) is 2.93. The van der Waals surface area contributed by atoms with Crippen LogP contribution in [-0.2, 0) is 6.42 Å². The fourth-order valence-corrected chi connectivity index (χ4v) is 4.46. The van der Waals surface area contributed by atoms with E-state index >= 15 is 0 Å². The van der Waals surface area contributed by atoms with E-state index in [9.17, 15) is 10.1 Å². The molecule has 2 aliphatic rings. The van der Waals surface area contributed by atoms with Gasteiger partial charge in [0.05, 0.1) is 4.92 Å². The third-order valence-corrected chi connectivity index (χ3v) is 5.69. The molecular weight excluding hydrogens is 302 g/mol. The minimum Gasteiger partial charge on any atom is -0.357 e. The number of hydrogen-bond donors (Lipinski definition) is 2. The van der Waals surface area contributed by atoms with Crippen molar-refractivity contribution in [2.24, 2.45) is 0 Å². The zero-order valence-electron chi connectivity index (χ0n) is 14.0. The number of hydrogen-bond acceptors (Lipinski definition) is 3. The number of nitro benzene ring substituents is 1. The molecule has 128 valence electrons. The van der Waals surface area contributed by atoms with E-state index in [1.54, 1.807) is 12.1 Å². The zero-order chi connectivity index (χ0) is 16.5. The van der Waals surface area contributed by atoms with Crippen LogP contribution < -0.4 is 5.32 Å². The molecule has 2 aliphatic carbocycles. The van der Waals surface area contributed by atoms with Crippen LogP contribution in [0, 0.1) is 10.1 Å². The molecular formula is C19H25N3O2. The van der Waals surface area contributed by atoms with Gasteiger partial charge >= 0.3 is 0 Å². The van der Waals surface area contributed by atoms with Crippen LogP contribution >= 0.6 is 0 Å². The van der Waals surface area contributed by atoms with E-state index in [4.69, 9.17) is 0 Å². The SMILES string of the molecule is O=[N+]([O-])c1ccc2[nH]c3c(c2c1)CCC[C@H]3NC1CCCCCC1. The van der Waals surface area contributed by atoms with Gasteiger partial charge < -0.3 is 10.3 Å². The molecule has 24 heavy (non-hydrogen) atoms. The Morgan fingerprint density at radius 2 is 1.88 bits per heavy atom. The lowest BCUT2D eigenvalue weighted by Gasteiger charge is -2.28. The van der Waals surface area contributed by atoms with Crippen LogP contribution in [0.1, 0.15) is 68.7 Å². The maximum absolute atomic E-state index is 11.1. The lowest BCUT2D eigenvalue weighted by Crippen LogP contribution is -2.34. The monoisotopic (exact) mass is 327 g/mol. The van der Waals surface area contributed by atoms with E-state index in [0.717, 1.165) is 30.2 Å². The molecule has 0 spiro atoms. The lowest BCUT2D eigenvalue weighted by atomic mass is 9.90. The van der Waals surface area contributed by atoms with Gasteiger partial charge in [-0.2, -0.15) is 0 Å². The first-order chi connectivity index (χ1) is 11.7. The van der Waals surface area contributed by atoms with Gasteiger partial charge in [-0.25, -0.2) is 0 Å². The van der Waals surface area contributed by atoms with Gasteiger partial charge in [0.15, 0.2) is 0 Å². The number of nitro groups is 1. The van der Waals surface area contributed by atoms with Crippen molar-refractivity contribution in [3.63, 3.8) is 0 Å². The van der Waals surface area contributed by atoms with Gasteiger partial charge in [-0.05, 0) is 43.7 Å². The van der Waals surface area contributed by atoms with Crippen molar-refractivity contribution >= 4 is 16.6 Å². The predicted molar refractivity (Wildman–Crippen MR) is 95.3 cm³/mol. The molecule has 0 aliphatic heterocycles. The molecule has 5 heteroatoms. The molecule has 0 saturated heterocycles. The molecule has 0 unspecified atom stereocenters. The molecule has 4 rings (SSSR count). The van der Waals surface area contributed by atoms with Crippen LogP contribution in [0.4, 0.5) is 5.69 Å². The molecule has 1 fully saturated rings. The van der Waals surface area contributed by atoms with Gasteiger partial charge in [-0.3, -0.25) is 10.1 Å². The van der Waals surface area contributed by atoms with Crippen molar-refractivity contribution in [3.05, 3.63) is 39.6 Å². The molecule has 1 aromatic carbocycles. The quantitative estimate of drug-likeness (QED) is 0.485. The summed E-state index contributed by atoms with van der Waals surface area (Å²) in [6.45, 7) is 0. The second-order valence-electron chi connectivity index (χ2n) is 7.30. The predicted octanol–water partition coefficient (Wildman–Crippen LogP) is 4.77. The minimum atomic E-state index is -0.303. The number of non-ortho nitro benzene ring substituents is 1. The molecule has 5 nitrogen and oxygen atoms in total. The lowest BCUT2D eigenvalue weighted by molar-refractivity contribution is -0.384. The van der Waals surface area contributed by atoms with Gasteiger partial charge in [0, 0.05) is 40.8 Å². The Morgan fingerprint density at radius 1 is 1.08 bits per heavy atom. The van der Waals surface area contributed by atoms with Gasteiger partial charge in [0.2, 0.25) is 0 Å². The number of benzene rings is 1. The Hall–Kier alpha value is -1.88. The number of nitrogens with one attached hydrogen (secondary N) is 2. The van der Waals surface area contributed by atoms with Crippen molar-refractivity contribution in [1.29, 1.82) is 0 Å². The first kappa shape index (κ1) is 15.6. The largest absolute Gasteiger partial charge is 0.357 e. The average molecular weight is 327 g/mol. The van der Waals surface area contributed by atoms with Gasteiger partial charge in [0.1, 0.15) is 0 Å². The minimum absolute atomic E-state index is 0.183. The summed E-state index contributed by atoms with van der Waals surface area (Å²) in [5, 5.41) is 16.0. The van der Waals surface area contributed by atoms with E-state index in [1.807, 2.05) is 6.07 Å². The second kappa shape index (κ2) is 6.55. The molecule has 0 bridgehead atoms. The number of H-pyrrole nitrogens is 1. The fraction of sp³-hybridized carbons (Fsp3) is 0.579. The Morgan fingerprint density at radius 3 is 2.62 bits per heavy atom. The number of rotatable bonds is 3. The standard InChI is InChI=1S/C19H25N3O2/c23-22(24)14-10-11-17-16(12-14)15-8-5-9-18(19(15)21-17)20-13-6-3-1-2-4-7-13/h10-13,18,20-21H,1-9H2/t18-/m1/s1. The van der Waals surface area contributed by atoms with Crippen LogP contribution in [0.3, 0.4) is 0 Å². The normalized spacial score (nSPS) is 22.2. The number of aromatic nitrogens is 1. The number of nitrogens with zero attached hydrogens (tertiary/aromatic N) is 1. The highest BCUT2D eigenvalue weighted by Crippen LogP contribution is 2.37. The summed E-state index contributed by atoms with van der Waals surface area (Å²) < 4.78 is 0. The van der Waals surface area contributed by atoms with Gasteiger partial charge in [0.25, 0.3) is 5.69 Å². The maximum atomic E-state index is 11.1. The second-order valence-corrected chi connectivity index (χ2v) is 7.30. The fourth-order valence-electron chi connectivity index (χ4n) is 4.46. The Balaban J connectivity index is 1.64. The summed E-state index contributed by atoms with van der Waals surface area (Å²) in [7, 11) is 0. The van der Waals surface area contributed by atoms with E-state index in [1.165, 1.54) is 49.8 Å². The molecule has 0 amide bonds. The number of fused-ring (bicyclic) bond motifs is 3. The van der Waals surface area contributed by atoms with Crippen molar-refractivity contribution in [3.8, 4) is 0 Å². The summed E-state index contributed by atoms with van der Waals surface area (Å²) >= 11 is 0. The molecule has 1 saturated carbocycles. The highest BCUT2D eigenvalue weighted by atomic mass is 16.6. The Bertz CT molecular complexity index is 744. The molecule has 1 aromatic heterocycles. The number of aryl methyl sites for hydroxylation is 1.